The zero-order valence-corrected chi connectivity index (χ0v) is 38.5. The van der Waals surface area contributed by atoms with Gasteiger partial charge in [-0.15, -0.1) is 0 Å². The maximum Gasteiger partial charge on any atom is 0.127 e. The molecule has 13 rings (SSSR count). The lowest BCUT2D eigenvalue weighted by molar-refractivity contribution is -0.0302. The van der Waals surface area contributed by atoms with Crippen molar-refractivity contribution in [3.05, 3.63) is 125 Å². The van der Waals surface area contributed by atoms with E-state index in [0.717, 1.165) is 76.1 Å². The Balaban J connectivity index is 1.08. The van der Waals surface area contributed by atoms with E-state index in [4.69, 9.17) is 4.98 Å². The van der Waals surface area contributed by atoms with Gasteiger partial charge in [0.15, 0.2) is 0 Å². The number of hydrogen-bond donors (Lipinski definition) is 2. The number of benzene rings is 4. The lowest BCUT2D eigenvalue weighted by Crippen LogP contribution is -2.54. The fourth-order valence-corrected chi connectivity index (χ4v) is 15.4. The van der Waals surface area contributed by atoms with E-state index in [1.807, 2.05) is 0 Å². The van der Waals surface area contributed by atoms with Gasteiger partial charge >= 0.3 is 0 Å². The van der Waals surface area contributed by atoms with Gasteiger partial charge in [-0.25, -0.2) is 0 Å². The molecule has 0 amide bonds. The molecule has 3 atom stereocenters. The van der Waals surface area contributed by atoms with Gasteiger partial charge in [0, 0.05) is 44.8 Å². The fourth-order valence-electron chi connectivity index (χ4n) is 15.4. The average Bonchev–Trinajstić information content (AvgIpc) is 3.22. The predicted molar refractivity (Wildman–Crippen MR) is 255 cm³/mol. The summed E-state index contributed by atoms with van der Waals surface area (Å²) in [6.45, 7) is 16.2. The molecule has 3 unspecified atom stereocenters. The van der Waals surface area contributed by atoms with Crippen LogP contribution in [0.1, 0.15) is 159 Å². The fraction of sp³-hybridized carbons (Fsp3) is 0.508. The first-order valence-corrected chi connectivity index (χ1v) is 24.5. The third-order valence-electron chi connectivity index (χ3n) is 17.6. The van der Waals surface area contributed by atoms with E-state index in [2.05, 4.69) is 139 Å². The van der Waals surface area contributed by atoms with Gasteiger partial charge in [0.25, 0.3) is 0 Å². The van der Waals surface area contributed by atoms with Gasteiger partial charge in [0.1, 0.15) is 11.5 Å². The molecule has 8 bridgehead atoms. The number of phenols is 2. The van der Waals surface area contributed by atoms with Crippen LogP contribution in [0, 0.1) is 35.5 Å². The second-order valence-electron chi connectivity index (χ2n) is 23.8. The third kappa shape index (κ3) is 6.52. The number of pyridine rings is 1. The van der Waals surface area contributed by atoms with E-state index in [9.17, 15) is 10.2 Å². The number of aromatic nitrogens is 1. The molecule has 8 aliphatic carbocycles. The van der Waals surface area contributed by atoms with Crippen LogP contribution in [0.15, 0.2) is 91.0 Å². The number of nitrogens with zero attached hydrogens (tertiary/aromatic N) is 1. The van der Waals surface area contributed by atoms with Crippen molar-refractivity contribution in [1.29, 1.82) is 0 Å². The number of hydrogen-bond acceptors (Lipinski definition) is 3. The SMILES string of the molecule is CCc1cc(-c2ccccc2-c2cc(C(C)(C)C)cc(C34CC5CC(CC(C5)C3)C4)c2O)nc(C2C3CC4CC(C3)CC2(c2cc(C(C)(C)C)cc(-c3ccccc3)c2O)C4)c1. The Morgan fingerprint density at radius 1 is 0.548 bits per heavy atom. The zero-order chi connectivity index (χ0) is 42.9. The Kier molecular flexibility index (Phi) is 9.33. The summed E-state index contributed by atoms with van der Waals surface area (Å²) in [7, 11) is 0. The summed E-state index contributed by atoms with van der Waals surface area (Å²) >= 11 is 0. The van der Waals surface area contributed by atoms with Crippen molar-refractivity contribution in [2.45, 2.75) is 153 Å². The normalized spacial score (nSPS) is 30.9. The largest absolute Gasteiger partial charge is 0.507 e. The average molecular weight is 824 g/mol. The van der Waals surface area contributed by atoms with E-state index in [1.54, 1.807) is 0 Å². The highest BCUT2D eigenvalue weighted by molar-refractivity contribution is 5.86. The first-order chi connectivity index (χ1) is 29.6. The van der Waals surface area contributed by atoms with Gasteiger partial charge in [-0.2, -0.15) is 0 Å². The maximum atomic E-state index is 12.8. The number of rotatable bonds is 7. The molecular formula is C59H69NO2. The molecule has 2 N–H and O–H groups in total. The molecule has 1 heterocycles. The smallest absolute Gasteiger partial charge is 0.127 e. The van der Waals surface area contributed by atoms with Crippen molar-refractivity contribution in [2.75, 3.05) is 0 Å². The molecule has 62 heavy (non-hydrogen) atoms. The molecule has 8 saturated carbocycles. The lowest BCUT2D eigenvalue weighted by atomic mass is 9.42. The monoisotopic (exact) mass is 824 g/mol. The highest BCUT2D eigenvalue weighted by atomic mass is 16.3. The molecule has 0 aliphatic heterocycles. The van der Waals surface area contributed by atoms with Crippen molar-refractivity contribution in [2.24, 2.45) is 35.5 Å². The Morgan fingerprint density at radius 3 is 1.65 bits per heavy atom. The molecule has 5 aromatic rings. The van der Waals surface area contributed by atoms with Crippen molar-refractivity contribution in [3.63, 3.8) is 0 Å². The summed E-state index contributed by atoms with van der Waals surface area (Å²) in [5.74, 6) is 5.45. The van der Waals surface area contributed by atoms with Crippen LogP contribution in [-0.4, -0.2) is 15.2 Å². The first-order valence-electron chi connectivity index (χ1n) is 24.5. The van der Waals surface area contributed by atoms with Crippen molar-refractivity contribution in [3.8, 4) is 45.0 Å². The summed E-state index contributed by atoms with van der Waals surface area (Å²) in [6, 6.07) is 33.5. The maximum absolute atomic E-state index is 12.8. The highest BCUT2D eigenvalue weighted by Gasteiger charge is 2.60. The Hall–Kier alpha value is -4.37. The summed E-state index contributed by atoms with van der Waals surface area (Å²) < 4.78 is 0. The number of phenolic OH excluding ortho intramolecular Hbond substituents is 2. The first kappa shape index (κ1) is 40.4. The van der Waals surface area contributed by atoms with E-state index >= 15 is 0 Å². The Bertz CT molecular complexity index is 2500. The van der Waals surface area contributed by atoms with Gasteiger partial charge in [-0.1, -0.05) is 115 Å². The van der Waals surface area contributed by atoms with Crippen LogP contribution in [0.3, 0.4) is 0 Å². The molecule has 8 aliphatic rings. The van der Waals surface area contributed by atoms with Gasteiger partial charge < -0.3 is 10.2 Å². The van der Waals surface area contributed by atoms with E-state index in [1.165, 1.54) is 85.7 Å². The molecule has 1 aromatic heterocycles. The third-order valence-corrected chi connectivity index (χ3v) is 17.6. The number of aryl methyl sites for hydroxylation is 1. The van der Waals surface area contributed by atoms with Gasteiger partial charge in [-0.05, 0) is 181 Å². The molecule has 0 radical (unpaired) electrons. The minimum atomic E-state index is -0.203. The molecule has 0 saturated heterocycles. The van der Waals surface area contributed by atoms with Crippen molar-refractivity contribution in [1.82, 2.24) is 4.98 Å². The van der Waals surface area contributed by atoms with E-state index in [0.29, 0.717) is 29.3 Å². The quantitative estimate of drug-likeness (QED) is 0.172. The highest BCUT2D eigenvalue weighted by Crippen LogP contribution is 2.68. The summed E-state index contributed by atoms with van der Waals surface area (Å²) in [4.78, 5) is 5.85. The van der Waals surface area contributed by atoms with Crippen molar-refractivity contribution >= 4 is 0 Å². The Morgan fingerprint density at radius 2 is 1.06 bits per heavy atom. The van der Waals surface area contributed by atoms with Gasteiger partial charge in [0.2, 0.25) is 0 Å². The summed E-state index contributed by atoms with van der Waals surface area (Å²) in [5.41, 5.74) is 13.4. The standard InChI is InChI=1S/C59H69NO2/c1-8-35-24-51(46-17-13-12-16-45(46)48-27-44(57(5,6)7)28-49(55(48)62)58-30-36-18-37(31-58)20-38(19-36)32-58)60-52(25-35)53-42-22-39-21-40(23-42)34-59(53,33-39)50-29-43(56(2,3)4)26-47(54(50)61)41-14-10-9-11-15-41/h9-17,24-29,36-40,42,53,61-62H,8,18-23,30-34H2,1-7H3. The molecule has 3 nitrogen and oxygen atoms in total. The minimum absolute atomic E-state index is 0.0635. The zero-order valence-electron chi connectivity index (χ0n) is 38.5. The Labute approximate surface area is 371 Å². The lowest BCUT2D eigenvalue weighted by Gasteiger charge is -2.61. The molecule has 3 heteroatoms. The molecule has 8 fully saturated rings. The van der Waals surface area contributed by atoms with E-state index < -0.39 is 0 Å². The second kappa shape index (κ2) is 14.3. The molecule has 322 valence electrons. The van der Waals surface area contributed by atoms with Crippen LogP contribution in [0.25, 0.3) is 33.5 Å². The topological polar surface area (TPSA) is 53.4 Å². The van der Waals surface area contributed by atoms with Gasteiger partial charge in [0.05, 0.1) is 5.69 Å². The van der Waals surface area contributed by atoms with Crippen LogP contribution < -0.4 is 0 Å². The second-order valence-corrected chi connectivity index (χ2v) is 23.8. The number of aromatic hydroxyl groups is 2. The summed E-state index contributed by atoms with van der Waals surface area (Å²) in [5, 5.41) is 25.5. The van der Waals surface area contributed by atoms with Crippen LogP contribution in [0.4, 0.5) is 0 Å². The molecular weight excluding hydrogens is 755 g/mol. The predicted octanol–water partition coefficient (Wildman–Crippen LogP) is 15.0. The van der Waals surface area contributed by atoms with Crippen LogP contribution >= 0.6 is 0 Å². The van der Waals surface area contributed by atoms with Crippen LogP contribution in [-0.2, 0) is 28.1 Å². The molecule has 0 spiro atoms. The molecule has 4 aromatic carbocycles. The van der Waals surface area contributed by atoms with Gasteiger partial charge in [-0.3, -0.25) is 4.98 Å². The minimum Gasteiger partial charge on any atom is -0.507 e. The van der Waals surface area contributed by atoms with Crippen LogP contribution in [0.5, 0.6) is 11.5 Å². The summed E-state index contributed by atoms with van der Waals surface area (Å²) in [6.07, 6.45) is 14.8. The van der Waals surface area contributed by atoms with E-state index in [-0.39, 0.29) is 27.6 Å². The van der Waals surface area contributed by atoms with Crippen LogP contribution in [0.2, 0.25) is 0 Å². The van der Waals surface area contributed by atoms with Crippen molar-refractivity contribution < 1.29 is 10.2 Å².